The van der Waals surface area contributed by atoms with Crippen LogP contribution in [-0.4, -0.2) is 43.9 Å². The summed E-state index contributed by atoms with van der Waals surface area (Å²) in [5.74, 6) is 1.00. The van der Waals surface area contributed by atoms with E-state index in [9.17, 15) is 9.59 Å². The van der Waals surface area contributed by atoms with Gasteiger partial charge < -0.3 is 36.3 Å². The number of carboxylic acid groups (broad SMARTS) is 1. The fourth-order valence-corrected chi connectivity index (χ4v) is 3.48. The molecule has 0 aromatic heterocycles. The summed E-state index contributed by atoms with van der Waals surface area (Å²) in [6, 6.07) is 6.71. The second-order valence-corrected chi connectivity index (χ2v) is 7.71. The number of aromatic carboxylic acids is 1. The molecule has 10 heteroatoms. The number of nitrogens with two attached hydrogens (primary N) is 2. The van der Waals surface area contributed by atoms with Crippen molar-refractivity contribution in [1.82, 2.24) is 0 Å². The molecule has 4 rings (SSSR count). The Hall–Kier alpha value is -2.86. The van der Waals surface area contributed by atoms with Gasteiger partial charge in [-0.1, -0.05) is 0 Å². The maximum Gasteiger partial charge on any atom is 1.00 e. The summed E-state index contributed by atoms with van der Waals surface area (Å²) < 4.78 is 15.1. The molecule has 0 amide bonds. The van der Waals surface area contributed by atoms with E-state index in [0.29, 0.717) is 28.8 Å². The van der Waals surface area contributed by atoms with Crippen molar-refractivity contribution in [3.05, 3.63) is 46.5 Å². The Kier molecular flexibility index (Phi) is 10.1. The molecule has 0 bridgehead atoms. The fourth-order valence-electron chi connectivity index (χ4n) is 3.48. The van der Waals surface area contributed by atoms with E-state index in [-0.39, 0.29) is 35.6 Å². The SMILES string of the molecule is COC(=O)c1cc(C2CC2)c(OC)cc1N.COc1cc(N)c(C(=O)O)cc1C1CC1.[Li+].[OH-]. The summed E-state index contributed by atoms with van der Waals surface area (Å²) in [4.78, 5) is 22.4. The van der Waals surface area contributed by atoms with Crippen LogP contribution >= 0.6 is 0 Å². The number of carboxylic acids is 1. The zero-order chi connectivity index (χ0) is 22.7. The van der Waals surface area contributed by atoms with Crippen molar-refractivity contribution in [2.75, 3.05) is 32.8 Å². The van der Waals surface area contributed by atoms with Crippen molar-refractivity contribution in [1.29, 1.82) is 0 Å². The summed E-state index contributed by atoms with van der Waals surface area (Å²) in [5, 5.41) is 8.94. The molecule has 2 aliphatic carbocycles. The molecule has 2 fully saturated rings. The number of carbonyl (C=O) groups excluding carboxylic acids is 1. The van der Waals surface area contributed by atoms with Crippen molar-refractivity contribution in [2.45, 2.75) is 37.5 Å². The monoisotopic (exact) mass is 452 g/mol. The van der Waals surface area contributed by atoms with Crippen LogP contribution in [0.4, 0.5) is 11.4 Å². The van der Waals surface area contributed by atoms with Gasteiger partial charge in [0.05, 0.1) is 32.5 Å². The van der Waals surface area contributed by atoms with Gasteiger partial charge >= 0.3 is 30.8 Å². The molecular formula is C23H29LiN2O7. The smallest absolute Gasteiger partial charge is 0.870 e. The van der Waals surface area contributed by atoms with Crippen molar-refractivity contribution in [2.24, 2.45) is 0 Å². The minimum Gasteiger partial charge on any atom is -0.870 e. The van der Waals surface area contributed by atoms with Gasteiger partial charge in [0.1, 0.15) is 11.5 Å². The number of carbonyl (C=O) groups is 2. The number of hydrogen-bond acceptors (Lipinski definition) is 8. The molecule has 0 atom stereocenters. The molecule has 174 valence electrons. The topological polar surface area (TPSA) is 164 Å². The largest absolute Gasteiger partial charge is 1.00 e. The predicted molar refractivity (Wildman–Crippen MR) is 119 cm³/mol. The number of hydrogen-bond donors (Lipinski definition) is 3. The minimum absolute atomic E-state index is 0. The first-order valence-electron chi connectivity index (χ1n) is 10.1. The van der Waals surface area contributed by atoms with Gasteiger partial charge in [0.15, 0.2) is 0 Å². The van der Waals surface area contributed by atoms with Crippen LogP contribution in [0.25, 0.3) is 0 Å². The van der Waals surface area contributed by atoms with Crippen LogP contribution in [0.15, 0.2) is 24.3 Å². The number of nitrogen functional groups attached to an aromatic ring is 2. The first-order valence-corrected chi connectivity index (χ1v) is 10.1. The van der Waals surface area contributed by atoms with Crippen LogP contribution in [0.1, 0.15) is 69.4 Å². The van der Waals surface area contributed by atoms with E-state index in [1.165, 1.54) is 7.11 Å². The average Bonchev–Trinajstić information content (AvgIpc) is 3.65. The van der Waals surface area contributed by atoms with Crippen LogP contribution in [-0.2, 0) is 4.74 Å². The molecule has 2 aliphatic rings. The zero-order valence-corrected chi connectivity index (χ0v) is 19.4. The molecule has 6 N–H and O–H groups in total. The van der Waals surface area contributed by atoms with Gasteiger partial charge in [-0.05, 0) is 60.8 Å². The van der Waals surface area contributed by atoms with Gasteiger partial charge in [0.25, 0.3) is 0 Å². The van der Waals surface area contributed by atoms with Crippen LogP contribution in [0.5, 0.6) is 11.5 Å². The molecule has 2 aromatic rings. The molecule has 0 spiro atoms. The standard InChI is InChI=1S/C12H15NO3.C11H13NO3.Li.H2O/c1-15-11-6-10(13)9(12(14)16-2)5-8(11)7-3-4-7;1-15-10-5-9(12)8(11(13)14)4-7(10)6-2-3-6;;/h5-7H,3-4,13H2,1-2H3;4-6H,2-3,12H2,1H3,(H,13,14);;1H2/q;;+1;/p-1. The number of esters is 1. The third-order valence-electron chi connectivity index (χ3n) is 5.47. The molecule has 0 aliphatic heterocycles. The molecule has 0 radical (unpaired) electrons. The van der Waals surface area contributed by atoms with E-state index in [1.807, 2.05) is 0 Å². The van der Waals surface area contributed by atoms with E-state index in [2.05, 4.69) is 4.74 Å². The summed E-state index contributed by atoms with van der Waals surface area (Å²) in [6.45, 7) is 0. The second kappa shape index (κ2) is 11.8. The molecule has 9 nitrogen and oxygen atoms in total. The van der Waals surface area contributed by atoms with Gasteiger partial charge in [0, 0.05) is 23.5 Å². The van der Waals surface area contributed by atoms with Crippen molar-refractivity contribution < 1.29 is 53.2 Å². The van der Waals surface area contributed by atoms with Gasteiger partial charge in [-0.15, -0.1) is 0 Å². The Morgan fingerprint density at radius 3 is 1.55 bits per heavy atom. The summed E-state index contributed by atoms with van der Waals surface area (Å²) >= 11 is 0. The van der Waals surface area contributed by atoms with E-state index in [0.717, 1.165) is 42.6 Å². The Morgan fingerprint density at radius 1 is 0.818 bits per heavy atom. The Bertz CT molecular complexity index is 1000. The summed E-state index contributed by atoms with van der Waals surface area (Å²) in [7, 11) is 4.53. The number of methoxy groups -OCH3 is 3. The third kappa shape index (κ3) is 6.57. The number of ether oxygens (including phenoxy) is 3. The van der Waals surface area contributed by atoms with Gasteiger partial charge in [-0.3, -0.25) is 0 Å². The minimum atomic E-state index is -0.989. The Labute approximate surface area is 204 Å². The number of anilines is 2. The van der Waals surface area contributed by atoms with E-state index in [4.69, 9.17) is 26.0 Å². The van der Waals surface area contributed by atoms with Gasteiger partial charge in [-0.2, -0.15) is 0 Å². The fraction of sp³-hybridized carbons (Fsp3) is 0.391. The van der Waals surface area contributed by atoms with Crippen molar-refractivity contribution in [3.8, 4) is 11.5 Å². The Balaban J connectivity index is 0.000000312. The van der Waals surface area contributed by atoms with Crippen molar-refractivity contribution in [3.63, 3.8) is 0 Å². The van der Waals surface area contributed by atoms with E-state index < -0.39 is 11.9 Å². The quantitative estimate of drug-likeness (QED) is 0.324. The molecule has 2 aromatic carbocycles. The summed E-state index contributed by atoms with van der Waals surface area (Å²) in [5.41, 5.74) is 14.7. The number of benzene rings is 2. The first kappa shape index (κ1) is 28.2. The van der Waals surface area contributed by atoms with Crippen LogP contribution in [0, 0.1) is 0 Å². The molecular weight excluding hydrogens is 423 g/mol. The normalized spacial score (nSPS) is 13.9. The first-order chi connectivity index (χ1) is 14.8. The molecule has 0 heterocycles. The molecule has 0 saturated heterocycles. The van der Waals surface area contributed by atoms with Gasteiger partial charge in [0.2, 0.25) is 0 Å². The van der Waals surface area contributed by atoms with E-state index >= 15 is 0 Å². The number of rotatable bonds is 6. The maximum absolute atomic E-state index is 11.5. The zero-order valence-electron chi connectivity index (χ0n) is 19.4. The van der Waals surface area contributed by atoms with Crippen molar-refractivity contribution >= 4 is 23.3 Å². The van der Waals surface area contributed by atoms with E-state index in [1.54, 1.807) is 38.5 Å². The predicted octanol–water partition coefficient (Wildman–Crippen LogP) is 0.622. The third-order valence-corrected chi connectivity index (χ3v) is 5.47. The maximum atomic E-state index is 11.5. The Morgan fingerprint density at radius 2 is 1.21 bits per heavy atom. The average molecular weight is 452 g/mol. The second-order valence-electron chi connectivity index (χ2n) is 7.71. The molecule has 2 saturated carbocycles. The van der Waals surface area contributed by atoms with Gasteiger partial charge in [-0.25, -0.2) is 9.59 Å². The summed E-state index contributed by atoms with van der Waals surface area (Å²) in [6.07, 6.45) is 4.47. The van der Waals surface area contributed by atoms with Crippen LogP contribution in [0.2, 0.25) is 0 Å². The molecule has 33 heavy (non-hydrogen) atoms. The van der Waals surface area contributed by atoms with Crippen LogP contribution < -0.4 is 39.8 Å². The van der Waals surface area contributed by atoms with Crippen LogP contribution in [0.3, 0.4) is 0 Å². The molecule has 0 unspecified atom stereocenters.